The smallest absolute Gasteiger partial charge is 0.154 e. The number of carbonyl (C=O) groups excluding carboxylic acids is 1. The van der Waals surface area contributed by atoms with Gasteiger partial charge >= 0.3 is 0 Å². The van der Waals surface area contributed by atoms with E-state index in [1.807, 2.05) is 6.92 Å². The van der Waals surface area contributed by atoms with E-state index in [0.717, 1.165) is 18.5 Å². The Hall–Kier alpha value is -0.830. The number of aliphatic hydroxyl groups excluding tert-OH is 1. The molecule has 136 valence electrons. The van der Waals surface area contributed by atoms with Gasteiger partial charge in [-0.3, -0.25) is 4.79 Å². The second-order valence-electron chi connectivity index (χ2n) is 6.76. The summed E-state index contributed by atoms with van der Waals surface area (Å²) in [6.45, 7) is 5.94. The fraction of sp³-hybridized carbons (Fsp3) is 0.850. The number of hydrogen-bond acceptors (Lipinski definition) is 3. The third-order valence-corrected chi connectivity index (χ3v) is 4.24. The van der Waals surface area contributed by atoms with Crippen LogP contribution in [0.25, 0.3) is 0 Å². The van der Waals surface area contributed by atoms with Crippen molar-refractivity contribution in [1.29, 1.82) is 0 Å². The molecule has 0 heterocycles. The standard InChI is InChI=1S/C20H39NO2/c1-4-5-6-7-8-9-10-11-12-13-14-20(15-16-22)21-18(2)17-19(3)23/h17,20-22H,4-16H2,1-3H3/b18-17+. The first-order chi connectivity index (χ1) is 11.1. The number of carbonyl (C=O) groups is 1. The van der Waals surface area contributed by atoms with Crippen LogP contribution in [0, 0.1) is 0 Å². The normalized spacial score (nSPS) is 13.1. The van der Waals surface area contributed by atoms with Gasteiger partial charge in [0.1, 0.15) is 0 Å². The van der Waals surface area contributed by atoms with Gasteiger partial charge in [-0.2, -0.15) is 0 Å². The van der Waals surface area contributed by atoms with Gasteiger partial charge in [0.25, 0.3) is 0 Å². The summed E-state index contributed by atoms with van der Waals surface area (Å²) < 4.78 is 0. The Labute approximate surface area is 143 Å². The van der Waals surface area contributed by atoms with Crippen molar-refractivity contribution in [2.45, 2.75) is 104 Å². The van der Waals surface area contributed by atoms with Crippen LogP contribution in [0.15, 0.2) is 11.8 Å². The minimum absolute atomic E-state index is 0.0664. The molecule has 3 nitrogen and oxygen atoms in total. The number of aliphatic hydroxyl groups is 1. The SMILES string of the molecule is CCCCCCCCCCCCC(CCO)N/C(C)=C/C(C)=O. The Balaban J connectivity index is 3.66. The Morgan fingerprint density at radius 1 is 0.913 bits per heavy atom. The molecule has 23 heavy (non-hydrogen) atoms. The summed E-state index contributed by atoms with van der Waals surface area (Å²) in [5.74, 6) is 0.0664. The molecular weight excluding hydrogens is 286 g/mol. The lowest BCUT2D eigenvalue weighted by molar-refractivity contribution is -0.112. The Bertz CT molecular complexity index is 313. The maximum absolute atomic E-state index is 11.1. The topological polar surface area (TPSA) is 49.3 Å². The zero-order chi connectivity index (χ0) is 17.3. The molecule has 0 saturated carbocycles. The lowest BCUT2D eigenvalue weighted by Gasteiger charge is -2.19. The van der Waals surface area contributed by atoms with E-state index >= 15 is 0 Å². The molecule has 2 N–H and O–H groups in total. The van der Waals surface area contributed by atoms with E-state index in [9.17, 15) is 4.79 Å². The second kappa shape index (κ2) is 16.0. The van der Waals surface area contributed by atoms with Gasteiger partial charge in [0.05, 0.1) is 0 Å². The first-order valence-electron chi connectivity index (χ1n) is 9.66. The van der Waals surface area contributed by atoms with Crippen molar-refractivity contribution in [3.63, 3.8) is 0 Å². The van der Waals surface area contributed by atoms with E-state index in [2.05, 4.69) is 12.2 Å². The summed E-state index contributed by atoms with van der Waals surface area (Å²) in [7, 11) is 0. The molecule has 0 aromatic heterocycles. The fourth-order valence-electron chi connectivity index (χ4n) is 2.99. The van der Waals surface area contributed by atoms with Crippen LogP contribution in [0.4, 0.5) is 0 Å². The van der Waals surface area contributed by atoms with Gasteiger partial charge in [-0.05, 0) is 32.8 Å². The number of rotatable bonds is 16. The lowest BCUT2D eigenvalue weighted by atomic mass is 10.0. The highest BCUT2D eigenvalue weighted by Gasteiger charge is 2.07. The van der Waals surface area contributed by atoms with Crippen LogP contribution in [0.3, 0.4) is 0 Å². The first kappa shape index (κ1) is 22.2. The maximum Gasteiger partial charge on any atom is 0.154 e. The average molecular weight is 326 g/mol. The summed E-state index contributed by atoms with van der Waals surface area (Å²) in [4.78, 5) is 11.1. The number of nitrogens with one attached hydrogen (secondary N) is 1. The van der Waals surface area contributed by atoms with Crippen LogP contribution in [0.2, 0.25) is 0 Å². The molecule has 0 aliphatic heterocycles. The Morgan fingerprint density at radius 2 is 1.43 bits per heavy atom. The van der Waals surface area contributed by atoms with Gasteiger partial charge in [-0.25, -0.2) is 0 Å². The van der Waals surface area contributed by atoms with Crippen molar-refractivity contribution in [1.82, 2.24) is 5.32 Å². The number of hydrogen-bond donors (Lipinski definition) is 2. The predicted molar refractivity (Wildman–Crippen MR) is 99.5 cm³/mol. The van der Waals surface area contributed by atoms with Gasteiger partial charge in [-0.15, -0.1) is 0 Å². The van der Waals surface area contributed by atoms with Crippen LogP contribution in [-0.4, -0.2) is 23.5 Å². The van der Waals surface area contributed by atoms with Gasteiger partial charge in [0.15, 0.2) is 5.78 Å². The summed E-state index contributed by atoms with van der Waals surface area (Å²) in [6, 6.07) is 0.282. The van der Waals surface area contributed by atoms with Crippen molar-refractivity contribution >= 4 is 5.78 Å². The molecular formula is C20H39NO2. The van der Waals surface area contributed by atoms with Crippen molar-refractivity contribution in [2.24, 2.45) is 0 Å². The largest absolute Gasteiger partial charge is 0.396 e. The summed E-state index contributed by atoms with van der Waals surface area (Å²) in [6.07, 6.45) is 16.9. The Morgan fingerprint density at radius 3 is 1.91 bits per heavy atom. The van der Waals surface area contributed by atoms with Crippen LogP contribution in [0.1, 0.15) is 97.8 Å². The monoisotopic (exact) mass is 325 g/mol. The van der Waals surface area contributed by atoms with Crippen molar-refractivity contribution in [2.75, 3.05) is 6.61 Å². The number of allylic oxidation sites excluding steroid dienone is 2. The molecule has 0 aromatic carbocycles. The molecule has 0 amide bonds. The van der Waals surface area contributed by atoms with Crippen molar-refractivity contribution < 1.29 is 9.90 Å². The van der Waals surface area contributed by atoms with Crippen LogP contribution >= 0.6 is 0 Å². The van der Waals surface area contributed by atoms with Gasteiger partial charge < -0.3 is 10.4 Å². The molecule has 0 saturated heterocycles. The van der Waals surface area contributed by atoms with E-state index < -0.39 is 0 Å². The highest BCUT2D eigenvalue weighted by molar-refractivity contribution is 5.87. The minimum atomic E-state index is 0.0664. The molecule has 1 unspecified atom stereocenters. The highest BCUT2D eigenvalue weighted by atomic mass is 16.3. The zero-order valence-electron chi connectivity index (χ0n) is 15.7. The Kier molecular flexibility index (Phi) is 15.5. The molecule has 3 heteroatoms. The molecule has 0 fully saturated rings. The number of ketones is 1. The first-order valence-corrected chi connectivity index (χ1v) is 9.66. The lowest BCUT2D eigenvalue weighted by Crippen LogP contribution is -2.28. The molecule has 0 radical (unpaired) electrons. The van der Waals surface area contributed by atoms with Gasteiger partial charge in [-0.1, -0.05) is 71.1 Å². The fourth-order valence-corrected chi connectivity index (χ4v) is 2.99. The maximum atomic E-state index is 11.1. The van der Waals surface area contributed by atoms with Crippen LogP contribution < -0.4 is 5.32 Å². The third kappa shape index (κ3) is 15.8. The molecule has 0 rings (SSSR count). The van der Waals surface area contributed by atoms with Crippen molar-refractivity contribution in [3.8, 4) is 0 Å². The molecule has 0 aliphatic rings. The van der Waals surface area contributed by atoms with Gasteiger partial charge in [0.2, 0.25) is 0 Å². The molecule has 1 atom stereocenters. The summed E-state index contributed by atoms with van der Waals surface area (Å²) in [5, 5.41) is 12.5. The number of unbranched alkanes of at least 4 members (excludes halogenated alkanes) is 9. The molecule has 0 spiro atoms. The molecule has 0 aromatic rings. The highest BCUT2D eigenvalue weighted by Crippen LogP contribution is 2.13. The van der Waals surface area contributed by atoms with Crippen LogP contribution in [-0.2, 0) is 4.79 Å². The molecule has 0 bridgehead atoms. The second-order valence-corrected chi connectivity index (χ2v) is 6.76. The average Bonchev–Trinajstić information content (AvgIpc) is 2.48. The van der Waals surface area contributed by atoms with Crippen molar-refractivity contribution in [3.05, 3.63) is 11.8 Å². The van der Waals surface area contributed by atoms with E-state index in [0.29, 0.717) is 0 Å². The van der Waals surface area contributed by atoms with Gasteiger partial charge in [0, 0.05) is 18.3 Å². The quantitative estimate of drug-likeness (QED) is 0.305. The van der Waals surface area contributed by atoms with E-state index in [1.165, 1.54) is 64.2 Å². The summed E-state index contributed by atoms with van der Waals surface area (Å²) in [5.41, 5.74) is 0.906. The molecule has 0 aliphatic carbocycles. The minimum Gasteiger partial charge on any atom is -0.396 e. The third-order valence-electron chi connectivity index (χ3n) is 4.24. The van der Waals surface area contributed by atoms with E-state index in [-0.39, 0.29) is 18.4 Å². The zero-order valence-corrected chi connectivity index (χ0v) is 15.7. The predicted octanol–water partition coefficient (Wildman–Crippen LogP) is 5.13. The van der Waals surface area contributed by atoms with Crippen LogP contribution in [0.5, 0.6) is 0 Å². The van der Waals surface area contributed by atoms with E-state index in [4.69, 9.17) is 5.11 Å². The summed E-state index contributed by atoms with van der Waals surface area (Å²) >= 11 is 0. The van der Waals surface area contributed by atoms with E-state index in [1.54, 1.807) is 13.0 Å².